The minimum atomic E-state index is -4.69. The van der Waals surface area contributed by atoms with Gasteiger partial charge < -0.3 is 4.90 Å². The highest BCUT2D eigenvalue weighted by atomic mass is 19.4. The first-order valence-corrected chi connectivity index (χ1v) is 12.7. The molecule has 8 heteroatoms. The Morgan fingerprint density at radius 1 is 0.889 bits per heavy atom. The van der Waals surface area contributed by atoms with E-state index in [0.29, 0.717) is 49.2 Å². The standard InChI is InChI=1S/C28H34F6N2/c1-18(2)14-19-4-5-20-6-9-25(35(3)26(20)15-19)21-10-12-36(13-11-21)17-22-16-23(27(29,30)31)7-8-24(22)28(32,33)34/h4-5,7-8,15-16,18,21,25H,6,9-14,17H2,1-3H3. The molecule has 2 heterocycles. The number of halogens is 6. The summed E-state index contributed by atoms with van der Waals surface area (Å²) in [6.45, 7) is 5.42. The second-order valence-electron chi connectivity index (χ2n) is 10.8. The number of benzene rings is 2. The largest absolute Gasteiger partial charge is 0.416 e. The van der Waals surface area contributed by atoms with Crippen LogP contribution in [0.3, 0.4) is 0 Å². The van der Waals surface area contributed by atoms with Gasteiger partial charge in [-0.15, -0.1) is 0 Å². The second kappa shape index (κ2) is 10.3. The Hall–Kier alpha value is -2.22. The van der Waals surface area contributed by atoms with E-state index in [4.69, 9.17) is 0 Å². The van der Waals surface area contributed by atoms with E-state index in [1.165, 1.54) is 16.8 Å². The van der Waals surface area contributed by atoms with Crippen molar-refractivity contribution in [3.05, 3.63) is 64.2 Å². The van der Waals surface area contributed by atoms with Crippen molar-refractivity contribution in [1.82, 2.24) is 4.90 Å². The molecule has 1 unspecified atom stereocenters. The maximum absolute atomic E-state index is 13.5. The molecule has 36 heavy (non-hydrogen) atoms. The SMILES string of the molecule is CC(C)Cc1ccc2c(c1)N(C)C(C1CCN(Cc3cc(C(F)(F)F)ccc3C(F)(F)F)CC1)CC2. The highest BCUT2D eigenvalue weighted by Gasteiger charge is 2.38. The first-order chi connectivity index (χ1) is 16.8. The Kier molecular flexibility index (Phi) is 7.65. The predicted molar refractivity (Wildman–Crippen MR) is 130 cm³/mol. The molecule has 2 aromatic carbocycles. The van der Waals surface area contributed by atoms with Crippen LogP contribution < -0.4 is 4.90 Å². The van der Waals surface area contributed by atoms with Gasteiger partial charge in [-0.1, -0.05) is 26.0 Å². The van der Waals surface area contributed by atoms with E-state index in [0.717, 1.165) is 32.1 Å². The lowest BCUT2D eigenvalue weighted by molar-refractivity contribution is -0.142. The second-order valence-corrected chi connectivity index (χ2v) is 10.8. The Balaban J connectivity index is 1.44. The highest BCUT2D eigenvalue weighted by molar-refractivity contribution is 5.58. The van der Waals surface area contributed by atoms with Crippen molar-refractivity contribution >= 4 is 5.69 Å². The van der Waals surface area contributed by atoms with Crippen molar-refractivity contribution in [2.75, 3.05) is 25.0 Å². The highest BCUT2D eigenvalue weighted by Crippen LogP contribution is 2.39. The molecule has 0 amide bonds. The predicted octanol–water partition coefficient (Wildman–Crippen LogP) is 7.59. The van der Waals surface area contributed by atoms with E-state index in [1.54, 1.807) is 0 Å². The van der Waals surface area contributed by atoms with Crippen molar-refractivity contribution in [1.29, 1.82) is 0 Å². The summed E-state index contributed by atoms with van der Waals surface area (Å²) in [7, 11) is 2.13. The summed E-state index contributed by atoms with van der Waals surface area (Å²) in [5, 5.41) is 0. The lowest BCUT2D eigenvalue weighted by Gasteiger charge is -2.44. The van der Waals surface area contributed by atoms with Gasteiger partial charge in [0.15, 0.2) is 0 Å². The van der Waals surface area contributed by atoms with E-state index >= 15 is 0 Å². The van der Waals surface area contributed by atoms with Crippen LogP contribution in [-0.2, 0) is 31.7 Å². The fourth-order valence-electron chi connectivity index (χ4n) is 5.89. The monoisotopic (exact) mass is 512 g/mol. The number of alkyl halides is 6. The quantitative estimate of drug-likeness (QED) is 0.381. The fourth-order valence-corrected chi connectivity index (χ4v) is 5.89. The zero-order valence-corrected chi connectivity index (χ0v) is 21.0. The Morgan fingerprint density at radius 2 is 1.58 bits per heavy atom. The number of nitrogens with zero attached hydrogens (tertiary/aromatic N) is 2. The molecule has 1 fully saturated rings. The maximum Gasteiger partial charge on any atom is 0.416 e. The molecule has 2 nitrogen and oxygen atoms in total. The number of hydrogen-bond donors (Lipinski definition) is 0. The molecule has 1 saturated heterocycles. The van der Waals surface area contributed by atoms with Crippen molar-refractivity contribution in [3.8, 4) is 0 Å². The van der Waals surface area contributed by atoms with Crippen molar-refractivity contribution < 1.29 is 26.3 Å². The van der Waals surface area contributed by atoms with E-state index in [9.17, 15) is 26.3 Å². The molecule has 0 radical (unpaired) electrons. The van der Waals surface area contributed by atoms with Crippen LogP contribution in [0.15, 0.2) is 36.4 Å². The average Bonchev–Trinajstić information content (AvgIpc) is 2.79. The molecular weight excluding hydrogens is 478 g/mol. The number of hydrogen-bond acceptors (Lipinski definition) is 2. The molecule has 0 aromatic heterocycles. The van der Waals surface area contributed by atoms with Gasteiger partial charge in [0.25, 0.3) is 0 Å². The van der Waals surface area contributed by atoms with E-state index in [-0.39, 0.29) is 12.1 Å². The molecule has 0 saturated carbocycles. The third-order valence-corrected chi connectivity index (χ3v) is 7.69. The van der Waals surface area contributed by atoms with Crippen LogP contribution in [0.5, 0.6) is 0 Å². The molecular formula is C28H34F6N2. The smallest absolute Gasteiger partial charge is 0.371 e. The van der Waals surface area contributed by atoms with Gasteiger partial charge in [0.05, 0.1) is 11.1 Å². The number of piperidine rings is 1. The summed E-state index contributed by atoms with van der Waals surface area (Å²) >= 11 is 0. The summed E-state index contributed by atoms with van der Waals surface area (Å²) in [6.07, 6.45) is -4.67. The fraction of sp³-hybridized carbons (Fsp3) is 0.571. The third-order valence-electron chi connectivity index (χ3n) is 7.69. The topological polar surface area (TPSA) is 6.48 Å². The lowest BCUT2D eigenvalue weighted by atomic mass is 9.82. The summed E-state index contributed by atoms with van der Waals surface area (Å²) in [4.78, 5) is 4.23. The number of aryl methyl sites for hydroxylation is 1. The zero-order valence-electron chi connectivity index (χ0n) is 21.0. The molecule has 0 aliphatic carbocycles. The number of fused-ring (bicyclic) bond motifs is 1. The Morgan fingerprint density at radius 3 is 2.19 bits per heavy atom. The van der Waals surface area contributed by atoms with Gasteiger partial charge in [0.2, 0.25) is 0 Å². The molecule has 0 N–H and O–H groups in total. The number of anilines is 1. The molecule has 2 aliphatic heterocycles. The maximum atomic E-state index is 13.5. The molecule has 2 aliphatic rings. The minimum Gasteiger partial charge on any atom is -0.371 e. The third kappa shape index (κ3) is 6.01. The van der Waals surface area contributed by atoms with Crippen LogP contribution in [0, 0.1) is 11.8 Å². The number of rotatable bonds is 5. The molecule has 1 atom stereocenters. The summed E-state index contributed by atoms with van der Waals surface area (Å²) in [6, 6.07) is 8.84. The van der Waals surface area contributed by atoms with Crippen LogP contribution >= 0.6 is 0 Å². The first-order valence-electron chi connectivity index (χ1n) is 12.7. The van der Waals surface area contributed by atoms with Gasteiger partial charge in [0.1, 0.15) is 0 Å². The van der Waals surface area contributed by atoms with E-state index in [2.05, 4.69) is 44.0 Å². The Labute approximate surface area is 209 Å². The van der Waals surface area contributed by atoms with Gasteiger partial charge in [0, 0.05) is 25.3 Å². The first kappa shape index (κ1) is 26.8. The zero-order chi connectivity index (χ0) is 26.3. The normalized spacial score (nSPS) is 20.2. The van der Waals surface area contributed by atoms with Crippen LogP contribution in [0.4, 0.5) is 32.0 Å². The molecule has 198 valence electrons. The van der Waals surface area contributed by atoms with Gasteiger partial charge in [-0.25, -0.2) is 0 Å². The molecule has 2 aromatic rings. The van der Waals surface area contributed by atoms with Gasteiger partial charge in [-0.3, -0.25) is 4.90 Å². The van der Waals surface area contributed by atoms with Crippen molar-refractivity contribution in [2.45, 2.75) is 70.9 Å². The molecule has 4 rings (SSSR count). The van der Waals surface area contributed by atoms with Crippen molar-refractivity contribution in [3.63, 3.8) is 0 Å². The van der Waals surface area contributed by atoms with E-state index in [1.807, 2.05) is 4.90 Å². The average molecular weight is 513 g/mol. The number of likely N-dealkylation sites (tertiary alicyclic amines) is 1. The van der Waals surface area contributed by atoms with Crippen LogP contribution in [0.25, 0.3) is 0 Å². The molecule has 0 spiro atoms. The minimum absolute atomic E-state index is 0.132. The van der Waals surface area contributed by atoms with Gasteiger partial charge >= 0.3 is 12.4 Å². The van der Waals surface area contributed by atoms with Gasteiger partial charge in [-0.05, 0) is 98.0 Å². The summed E-state index contributed by atoms with van der Waals surface area (Å²) < 4.78 is 80.0. The van der Waals surface area contributed by atoms with Gasteiger partial charge in [-0.2, -0.15) is 26.3 Å². The summed E-state index contributed by atoms with van der Waals surface area (Å²) in [5.74, 6) is 0.975. The Bertz CT molecular complexity index is 1050. The van der Waals surface area contributed by atoms with Crippen LogP contribution in [0.1, 0.15) is 60.9 Å². The summed E-state index contributed by atoms with van der Waals surface area (Å²) in [5.41, 5.74) is 1.61. The van der Waals surface area contributed by atoms with E-state index < -0.39 is 23.5 Å². The van der Waals surface area contributed by atoms with Crippen LogP contribution in [-0.4, -0.2) is 31.1 Å². The van der Waals surface area contributed by atoms with Crippen LogP contribution in [0.2, 0.25) is 0 Å². The van der Waals surface area contributed by atoms with Crippen molar-refractivity contribution in [2.24, 2.45) is 11.8 Å². The molecule has 0 bridgehead atoms. The lowest BCUT2D eigenvalue weighted by Crippen LogP contribution is -2.46.